The van der Waals surface area contributed by atoms with E-state index in [9.17, 15) is 9.90 Å². The average molecular weight is 303 g/mol. The molecule has 1 fully saturated rings. The van der Waals surface area contributed by atoms with Gasteiger partial charge in [-0.15, -0.1) is 0 Å². The number of amides is 1. The number of aliphatic hydroxyl groups excluding tert-OH is 1. The van der Waals surface area contributed by atoms with E-state index in [4.69, 9.17) is 4.74 Å². The third-order valence-electron chi connectivity index (χ3n) is 4.72. The zero-order valence-electron chi connectivity index (χ0n) is 13.3. The number of hydrogen-bond donors (Lipinski definition) is 1. The van der Waals surface area contributed by atoms with Crippen LogP contribution in [0.5, 0.6) is 0 Å². The maximum atomic E-state index is 12.1. The molecule has 2 unspecified atom stereocenters. The quantitative estimate of drug-likeness (QED) is 0.930. The van der Waals surface area contributed by atoms with Crippen LogP contribution in [0, 0.1) is 0 Å². The Morgan fingerprint density at radius 2 is 2.32 bits per heavy atom. The van der Waals surface area contributed by atoms with Gasteiger partial charge in [-0.25, -0.2) is 0 Å². The molecule has 0 aromatic heterocycles. The first-order chi connectivity index (χ1) is 10.7. The molecule has 0 aliphatic carbocycles. The van der Waals surface area contributed by atoms with Crippen molar-refractivity contribution in [3.05, 3.63) is 34.9 Å². The summed E-state index contributed by atoms with van der Waals surface area (Å²) in [6.45, 7) is 4.25. The number of carbonyl (C=O) groups excluding carboxylic acids is 1. The largest absolute Gasteiger partial charge is 0.386 e. The molecule has 120 valence electrons. The van der Waals surface area contributed by atoms with Gasteiger partial charge >= 0.3 is 0 Å². The highest BCUT2D eigenvalue weighted by atomic mass is 16.5. The molecule has 2 aliphatic heterocycles. The van der Waals surface area contributed by atoms with Crippen LogP contribution in [0.4, 0.5) is 0 Å². The minimum atomic E-state index is -0.561. The molecule has 22 heavy (non-hydrogen) atoms. The van der Waals surface area contributed by atoms with Crippen molar-refractivity contribution in [2.45, 2.75) is 57.8 Å². The average Bonchev–Trinajstić information content (AvgIpc) is 3.07. The normalized spacial score (nSPS) is 22.5. The summed E-state index contributed by atoms with van der Waals surface area (Å²) in [6.07, 6.45) is 3.70. The molecule has 1 saturated heterocycles. The third kappa shape index (κ3) is 3.18. The molecule has 0 bridgehead atoms. The number of hydrogen-bond acceptors (Lipinski definition) is 3. The maximum Gasteiger partial charge on any atom is 0.222 e. The lowest BCUT2D eigenvalue weighted by molar-refractivity contribution is -0.132. The molecule has 3 rings (SSSR count). The second kappa shape index (κ2) is 6.80. The Balaban J connectivity index is 1.75. The van der Waals surface area contributed by atoms with Crippen molar-refractivity contribution in [2.24, 2.45) is 0 Å². The molecule has 4 nitrogen and oxygen atoms in total. The molecule has 1 aromatic rings. The van der Waals surface area contributed by atoms with Gasteiger partial charge in [-0.1, -0.05) is 25.1 Å². The van der Waals surface area contributed by atoms with Crippen molar-refractivity contribution in [1.82, 2.24) is 4.90 Å². The topological polar surface area (TPSA) is 49.8 Å². The molecule has 1 amide bonds. The Hall–Kier alpha value is -1.39. The fraction of sp³-hybridized carbons (Fsp3) is 0.611. The molecule has 2 atom stereocenters. The summed E-state index contributed by atoms with van der Waals surface area (Å²) in [5.74, 6) is 0.234. The van der Waals surface area contributed by atoms with Gasteiger partial charge in [-0.2, -0.15) is 0 Å². The lowest BCUT2D eigenvalue weighted by atomic mass is 9.93. The fourth-order valence-corrected chi connectivity index (χ4v) is 3.41. The molecule has 0 radical (unpaired) electrons. The van der Waals surface area contributed by atoms with Gasteiger partial charge in [0.05, 0.1) is 6.10 Å². The highest BCUT2D eigenvalue weighted by Gasteiger charge is 2.27. The number of ether oxygens (including phenoxy) is 1. The predicted octanol–water partition coefficient (Wildman–Crippen LogP) is 2.58. The molecule has 0 spiro atoms. The first kappa shape index (κ1) is 15.5. The highest BCUT2D eigenvalue weighted by molar-refractivity contribution is 5.76. The van der Waals surface area contributed by atoms with E-state index >= 15 is 0 Å². The van der Waals surface area contributed by atoms with Crippen molar-refractivity contribution in [3.8, 4) is 0 Å². The minimum Gasteiger partial charge on any atom is -0.386 e. The van der Waals surface area contributed by atoms with Crippen LogP contribution in [-0.4, -0.2) is 35.2 Å². The van der Waals surface area contributed by atoms with Crippen LogP contribution in [0.25, 0.3) is 0 Å². The Bertz CT molecular complexity index is 537. The van der Waals surface area contributed by atoms with Crippen LogP contribution in [0.2, 0.25) is 0 Å². The zero-order chi connectivity index (χ0) is 15.5. The first-order valence-corrected chi connectivity index (χ1v) is 8.38. The van der Waals surface area contributed by atoms with Crippen LogP contribution in [-0.2, 0) is 22.5 Å². The van der Waals surface area contributed by atoms with Crippen LogP contribution in [0.3, 0.4) is 0 Å². The zero-order valence-corrected chi connectivity index (χ0v) is 13.3. The Morgan fingerprint density at radius 1 is 1.45 bits per heavy atom. The lowest BCUT2D eigenvalue weighted by Crippen LogP contribution is -2.35. The Kier molecular flexibility index (Phi) is 4.79. The van der Waals surface area contributed by atoms with E-state index in [1.807, 2.05) is 17.9 Å². The minimum absolute atomic E-state index is 0.0838. The van der Waals surface area contributed by atoms with E-state index in [1.165, 1.54) is 11.1 Å². The summed E-state index contributed by atoms with van der Waals surface area (Å²) in [5.41, 5.74) is 3.38. The lowest BCUT2D eigenvalue weighted by Gasteiger charge is -2.30. The van der Waals surface area contributed by atoms with Gasteiger partial charge in [0.1, 0.15) is 6.10 Å². The summed E-state index contributed by atoms with van der Waals surface area (Å²) >= 11 is 0. The summed E-state index contributed by atoms with van der Waals surface area (Å²) in [7, 11) is 0. The van der Waals surface area contributed by atoms with Gasteiger partial charge in [0, 0.05) is 26.1 Å². The van der Waals surface area contributed by atoms with Crippen LogP contribution in [0.15, 0.2) is 18.2 Å². The molecule has 1 N–H and O–H groups in total. The Morgan fingerprint density at radius 3 is 3.05 bits per heavy atom. The predicted molar refractivity (Wildman–Crippen MR) is 84.4 cm³/mol. The summed E-state index contributed by atoms with van der Waals surface area (Å²) in [4.78, 5) is 14.0. The van der Waals surface area contributed by atoms with Crippen LogP contribution >= 0.6 is 0 Å². The van der Waals surface area contributed by atoms with E-state index in [0.29, 0.717) is 13.0 Å². The number of nitrogens with zero attached hydrogens (tertiary/aromatic N) is 1. The second-order valence-corrected chi connectivity index (χ2v) is 6.34. The van der Waals surface area contributed by atoms with E-state index in [-0.39, 0.29) is 12.0 Å². The van der Waals surface area contributed by atoms with Crippen molar-refractivity contribution in [1.29, 1.82) is 0 Å². The van der Waals surface area contributed by atoms with Gasteiger partial charge in [0.25, 0.3) is 0 Å². The van der Waals surface area contributed by atoms with Gasteiger partial charge in [-0.05, 0) is 42.4 Å². The summed E-state index contributed by atoms with van der Waals surface area (Å²) < 4.78 is 5.59. The monoisotopic (exact) mass is 303 g/mol. The van der Waals surface area contributed by atoms with E-state index in [2.05, 4.69) is 12.1 Å². The van der Waals surface area contributed by atoms with Crippen LogP contribution in [0.1, 0.15) is 55.4 Å². The number of carbonyl (C=O) groups is 1. The molecular formula is C18H25NO3. The van der Waals surface area contributed by atoms with Gasteiger partial charge in [-0.3, -0.25) is 4.79 Å². The first-order valence-electron chi connectivity index (χ1n) is 8.38. The molecule has 0 saturated carbocycles. The molecular weight excluding hydrogens is 278 g/mol. The molecule has 2 heterocycles. The van der Waals surface area contributed by atoms with Gasteiger partial charge in [0.15, 0.2) is 0 Å². The SMILES string of the molecule is CCCC(=O)N1CCc2ccc(C(O)C3CCCO3)cc2C1. The van der Waals surface area contributed by atoms with Crippen molar-refractivity contribution in [2.75, 3.05) is 13.2 Å². The maximum absolute atomic E-state index is 12.1. The standard InChI is InChI=1S/C18H25NO3/c1-2-4-17(20)19-9-8-13-6-7-14(11-15(13)12-19)18(21)16-5-3-10-22-16/h6-7,11,16,18,21H,2-5,8-10,12H2,1H3. The fourth-order valence-electron chi connectivity index (χ4n) is 3.41. The van der Waals surface area contributed by atoms with Crippen molar-refractivity contribution < 1.29 is 14.6 Å². The number of aliphatic hydroxyl groups is 1. The van der Waals surface area contributed by atoms with E-state index in [1.54, 1.807) is 0 Å². The highest BCUT2D eigenvalue weighted by Crippen LogP contribution is 2.29. The van der Waals surface area contributed by atoms with Crippen molar-refractivity contribution >= 4 is 5.91 Å². The second-order valence-electron chi connectivity index (χ2n) is 6.34. The van der Waals surface area contributed by atoms with Gasteiger partial charge in [0.2, 0.25) is 5.91 Å². The number of benzene rings is 1. The van der Waals surface area contributed by atoms with E-state index < -0.39 is 6.10 Å². The summed E-state index contributed by atoms with van der Waals surface area (Å²) in [6, 6.07) is 6.17. The van der Waals surface area contributed by atoms with Crippen LogP contribution < -0.4 is 0 Å². The third-order valence-corrected chi connectivity index (χ3v) is 4.72. The number of rotatable bonds is 4. The Labute approximate surface area is 132 Å². The van der Waals surface area contributed by atoms with Crippen molar-refractivity contribution in [3.63, 3.8) is 0 Å². The van der Waals surface area contributed by atoms with Gasteiger partial charge < -0.3 is 14.7 Å². The number of fused-ring (bicyclic) bond motifs is 1. The molecule has 4 heteroatoms. The van der Waals surface area contributed by atoms with E-state index in [0.717, 1.165) is 44.4 Å². The molecule has 1 aromatic carbocycles. The smallest absolute Gasteiger partial charge is 0.222 e. The summed E-state index contributed by atoms with van der Waals surface area (Å²) in [5, 5.41) is 10.5. The molecule has 2 aliphatic rings.